The summed E-state index contributed by atoms with van der Waals surface area (Å²) < 4.78 is 4.80. The molecule has 0 aliphatic rings. The lowest BCUT2D eigenvalue weighted by atomic mass is 10.2. The zero-order valence-corrected chi connectivity index (χ0v) is 12.2. The summed E-state index contributed by atoms with van der Waals surface area (Å²) >= 11 is 0. The number of hydrogen-bond donors (Lipinski definition) is 1. The first-order valence-corrected chi connectivity index (χ1v) is 6.60. The second-order valence-electron chi connectivity index (χ2n) is 4.62. The van der Waals surface area contributed by atoms with Crippen LogP contribution in [0.2, 0.25) is 0 Å². The first-order valence-electron chi connectivity index (χ1n) is 6.60. The van der Waals surface area contributed by atoms with Crippen LogP contribution in [0.1, 0.15) is 16.1 Å². The molecule has 1 aromatic heterocycles. The van der Waals surface area contributed by atoms with E-state index in [9.17, 15) is 19.7 Å². The van der Waals surface area contributed by atoms with Gasteiger partial charge in [0.05, 0.1) is 4.92 Å². The minimum Gasteiger partial charge on any atom is -0.451 e. The third kappa shape index (κ3) is 4.34. The molecule has 0 atom stereocenters. The summed E-state index contributed by atoms with van der Waals surface area (Å²) in [5.74, 6) is -1.43. The number of nitrogens with zero attached hydrogens (tertiary/aromatic N) is 2. The Balaban J connectivity index is 1.98. The molecule has 118 valence electrons. The van der Waals surface area contributed by atoms with E-state index in [1.54, 1.807) is 25.1 Å². The SMILES string of the molecule is Cc1ccc(NC(=O)COC(=O)c2ccccn2)c([N+](=O)[O-])c1. The zero-order chi connectivity index (χ0) is 16.8. The predicted molar refractivity (Wildman–Crippen MR) is 81.0 cm³/mol. The number of nitrogens with one attached hydrogen (secondary N) is 1. The summed E-state index contributed by atoms with van der Waals surface area (Å²) in [5.41, 5.74) is 0.576. The van der Waals surface area contributed by atoms with Crippen LogP contribution < -0.4 is 5.32 Å². The number of ether oxygens (including phenoxy) is 1. The maximum atomic E-state index is 11.8. The molecule has 0 fully saturated rings. The van der Waals surface area contributed by atoms with Crippen LogP contribution in [0, 0.1) is 17.0 Å². The van der Waals surface area contributed by atoms with Crippen LogP contribution in [0.5, 0.6) is 0 Å². The van der Waals surface area contributed by atoms with E-state index < -0.39 is 23.4 Å². The molecular weight excluding hydrogens is 302 g/mol. The molecule has 1 amide bonds. The minimum absolute atomic E-state index is 0.0412. The zero-order valence-electron chi connectivity index (χ0n) is 12.2. The lowest BCUT2D eigenvalue weighted by molar-refractivity contribution is -0.384. The van der Waals surface area contributed by atoms with Crippen LogP contribution in [0.25, 0.3) is 0 Å². The number of carbonyl (C=O) groups excluding carboxylic acids is 2. The molecular formula is C15H13N3O5. The Hall–Kier alpha value is -3.29. The van der Waals surface area contributed by atoms with Crippen LogP contribution in [-0.4, -0.2) is 28.4 Å². The van der Waals surface area contributed by atoms with E-state index in [0.717, 1.165) is 0 Å². The molecule has 23 heavy (non-hydrogen) atoms. The lowest BCUT2D eigenvalue weighted by Crippen LogP contribution is -2.21. The number of rotatable bonds is 5. The van der Waals surface area contributed by atoms with E-state index >= 15 is 0 Å². The largest absolute Gasteiger partial charge is 0.451 e. The van der Waals surface area contributed by atoms with Gasteiger partial charge in [0.15, 0.2) is 6.61 Å². The standard InChI is InChI=1S/C15H13N3O5/c1-10-5-6-11(13(8-10)18(21)22)17-14(19)9-23-15(20)12-4-2-3-7-16-12/h2-8H,9H2,1H3,(H,17,19). The normalized spacial score (nSPS) is 9.96. The average molecular weight is 315 g/mol. The van der Waals surface area contributed by atoms with Crippen LogP contribution >= 0.6 is 0 Å². The average Bonchev–Trinajstić information content (AvgIpc) is 2.55. The molecule has 0 aliphatic carbocycles. The van der Waals surface area contributed by atoms with Gasteiger partial charge in [-0.3, -0.25) is 14.9 Å². The highest BCUT2D eigenvalue weighted by Gasteiger charge is 2.17. The third-order valence-electron chi connectivity index (χ3n) is 2.83. The Kier molecular flexibility index (Phi) is 4.98. The molecule has 0 spiro atoms. The van der Waals surface area contributed by atoms with Gasteiger partial charge < -0.3 is 10.1 Å². The Bertz CT molecular complexity index is 746. The lowest BCUT2D eigenvalue weighted by Gasteiger charge is -2.07. The fraction of sp³-hybridized carbons (Fsp3) is 0.133. The van der Waals surface area contributed by atoms with Gasteiger partial charge in [-0.2, -0.15) is 0 Å². The van der Waals surface area contributed by atoms with E-state index in [0.29, 0.717) is 5.56 Å². The second-order valence-corrected chi connectivity index (χ2v) is 4.62. The van der Waals surface area contributed by atoms with E-state index in [1.807, 2.05) is 0 Å². The Morgan fingerprint density at radius 2 is 2.09 bits per heavy atom. The van der Waals surface area contributed by atoms with E-state index in [-0.39, 0.29) is 17.1 Å². The molecule has 0 bridgehead atoms. The van der Waals surface area contributed by atoms with E-state index in [4.69, 9.17) is 4.74 Å². The van der Waals surface area contributed by atoms with Crippen molar-refractivity contribution in [3.05, 3.63) is 64.0 Å². The number of nitro groups is 1. The molecule has 0 saturated heterocycles. The van der Waals surface area contributed by atoms with Crippen LogP contribution in [0.4, 0.5) is 11.4 Å². The van der Waals surface area contributed by atoms with Gasteiger partial charge in [0.25, 0.3) is 11.6 Å². The predicted octanol–water partition coefficient (Wildman–Crippen LogP) is 2.09. The number of pyridine rings is 1. The number of nitro benzene ring substituents is 1. The van der Waals surface area contributed by atoms with Gasteiger partial charge in [-0.25, -0.2) is 9.78 Å². The van der Waals surface area contributed by atoms with Crippen molar-refractivity contribution < 1.29 is 19.2 Å². The molecule has 8 heteroatoms. The first-order chi connectivity index (χ1) is 11.0. The highest BCUT2D eigenvalue weighted by molar-refractivity contribution is 5.96. The monoisotopic (exact) mass is 315 g/mol. The smallest absolute Gasteiger partial charge is 0.357 e. The third-order valence-corrected chi connectivity index (χ3v) is 2.83. The van der Waals surface area contributed by atoms with Crippen LogP contribution in [-0.2, 0) is 9.53 Å². The number of esters is 1. The van der Waals surface area contributed by atoms with Crippen molar-refractivity contribution in [3.63, 3.8) is 0 Å². The van der Waals surface area contributed by atoms with Gasteiger partial charge in [0.1, 0.15) is 11.4 Å². The van der Waals surface area contributed by atoms with Gasteiger partial charge in [-0.15, -0.1) is 0 Å². The summed E-state index contributed by atoms with van der Waals surface area (Å²) in [5, 5.41) is 13.3. The van der Waals surface area contributed by atoms with E-state index in [1.165, 1.54) is 24.4 Å². The molecule has 1 aromatic carbocycles. The highest BCUT2D eigenvalue weighted by Crippen LogP contribution is 2.25. The topological polar surface area (TPSA) is 111 Å². The van der Waals surface area contributed by atoms with Crippen molar-refractivity contribution in [1.82, 2.24) is 4.98 Å². The van der Waals surface area contributed by atoms with E-state index in [2.05, 4.69) is 10.3 Å². The van der Waals surface area contributed by atoms with Crippen molar-refractivity contribution in [2.45, 2.75) is 6.92 Å². The molecule has 1 heterocycles. The summed E-state index contributed by atoms with van der Waals surface area (Å²) in [4.78, 5) is 37.6. The number of amides is 1. The van der Waals surface area contributed by atoms with Crippen molar-refractivity contribution >= 4 is 23.3 Å². The van der Waals surface area contributed by atoms with Gasteiger partial charge in [0, 0.05) is 12.3 Å². The maximum absolute atomic E-state index is 11.8. The quantitative estimate of drug-likeness (QED) is 0.513. The number of aryl methyl sites for hydroxylation is 1. The minimum atomic E-state index is -0.751. The molecule has 1 N–H and O–H groups in total. The first kappa shape index (κ1) is 16.1. The summed E-state index contributed by atoms with van der Waals surface area (Å²) in [6.45, 7) is 1.13. The number of carbonyl (C=O) groups is 2. The molecule has 2 aromatic rings. The molecule has 0 unspecified atom stereocenters. The molecule has 8 nitrogen and oxygen atoms in total. The molecule has 0 saturated carbocycles. The Morgan fingerprint density at radius 3 is 2.74 bits per heavy atom. The van der Waals surface area contributed by atoms with Crippen LogP contribution in [0.3, 0.4) is 0 Å². The maximum Gasteiger partial charge on any atom is 0.357 e. The summed E-state index contributed by atoms with van der Waals surface area (Å²) in [6.07, 6.45) is 1.42. The Labute approximate surface area is 131 Å². The van der Waals surface area contributed by atoms with Gasteiger partial charge in [0.2, 0.25) is 0 Å². The summed E-state index contributed by atoms with van der Waals surface area (Å²) in [6, 6.07) is 9.09. The Morgan fingerprint density at radius 1 is 1.30 bits per heavy atom. The van der Waals surface area contributed by atoms with Gasteiger partial charge in [-0.1, -0.05) is 12.1 Å². The van der Waals surface area contributed by atoms with Crippen LogP contribution in [0.15, 0.2) is 42.6 Å². The van der Waals surface area contributed by atoms with Crippen molar-refractivity contribution in [3.8, 4) is 0 Å². The van der Waals surface area contributed by atoms with Crippen molar-refractivity contribution in [2.24, 2.45) is 0 Å². The van der Waals surface area contributed by atoms with Crippen molar-refractivity contribution in [1.29, 1.82) is 0 Å². The number of hydrogen-bond acceptors (Lipinski definition) is 6. The second kappa shape index (κ2) is 7.12. The number of anilines is 1. The number of aromatic nitrogens is 1. The van der Waals surface area contributed by atoms with Gasteiger partial charge in [-0.05, 0) is 30.7 Å². The highest BCUT2D eigenvalue weighted by atomic mass is 16.6. The molecule has 0 radical (unpaired) electrons. The fourth-order valence-electron chi connectivity index (χ4n) is 1.77. The number of benzene rings is 1. The molecule has 0 aliphatic heterocycles. The fourth-order valence-corrected chi connectivity index (χ4v) is 1.77. The van der Waals surface area contributed by atoms with Gasteiger partial charge >= 0.3 is 5.97 Å². The van der Waals surface area contributed by atoms with Crippen molar-refractivity contribution in [2.75, 3.05) is 11.9 Å². The summed E-state index contributed by atoms with van der Waals surface area (Å²) in [7, 11) is 0. The molecule has 2 rings (SSSR count).